The zero-order chi connectivity index (χ0) is 18.8. The molecule has 0 aliphatic carbocycles. The van der Waals surface area contributed by atoms with Crippen molar-refractivity contribution in [1.29, 1.82) is 0 Å². The highest BCUT2D eigenvalue weighted by Crippen LogP contribution is 2.25. The highest BCUT2D eigenvalue weighted by Gasteiger charge is 2.15. The van der Waals surface area contributed by atoms with Crippen LogP contribution in [0.5, 0.6) is 0 Å². The predicted molar refractivity (Wildman–Crippen MR) is 103 cm³/mol. The first kappa shape index (κ1) is 18.5. The summed E-state index contributed by atoms with van der Waals surface area (Å²) in [5.41, 5.74) is 4.24. The van der Waals surface area contributed by atoms with E-state index >= 15 is 0 Å². The lowest BCUT2D eigenvalue weighted by molar-refractivity contribution is -0.116. The average Bonchev–Trinajstić information content (AvgIpc) is 3.08. The number of carbonyl (C=O) groups excluding carboxylic acids is 1. The van der Waals surface area contributed by atoms with Crippen LogP contribution in [-0.4, -0.2) is 25.5 Å². The average molecular weight is 392 g/mol. The SMILES string of the molecule is Cc1cnn(CC(=O)Nc2c(C)nn(Cc3ccc(Cl)cc3Cl)c2C)c1. The molecule has 26 heavy (non-hydrogen) atoms. The number of anilines is 1. The quantitative estimate of drug-likeness (QED) is 0.714. The molecule has 0 saturated carbocycles. The van der Waals surface area contributed by atoms with Gasteiger partial charge in [0.1, 0.15) is 6.54 Å². The smallest absolute Gasteiger partial charge is 0.246 e. The van der Waals surface area contributed by atoms with Gasteiger partial charge in [-0.1, -0.05) is 29.3 Å². The van der Waals surface area contributed by atoms with Crippen LogP contribution in [0.25, 0.3) is 0 Å². The Hall–Kier alpha value is -2.31. The van der Waals surface area contributed by atoms with Crippen LogP contribution >= 0.6 is 23.2 Å². The van der Waals surface area contributed by atoms with Gasteiger partial charge in [0.15, 0.2) is 0 Å². The third-order valence-corrected chi connectivity index (χ3v) is 4.64. The number of hydrogen-bond donors (Lipinski definition) is 1. The highest BCUT2D eigenvalue weighted by atomic mass is 35.5. The fourth-order valence-corrected chi connectivity index (χ4v) is 3.19. The summed E-state index contributed by atoms with van der Waals surface area (Å²) >= 11 is 12.2. The first-order valence-corrected chi connectivity index (χ1v) is 8.86. The number of rotatable bonds is 5. The molecule has 0 spiro atoms. The van der Waals surface area contributed by atoms with Crippen molar-refractivity contribution in [2.75, 3.05) is 5.32 Å². The van der Waals surface area contributed by atoms with E-state index in [-0.39, 0.29) is 12.5 Å². The molecule has 0 aliphatic heterocycles. The maximum absolute atomic E-state index is 12.3. The molecule has 0 aliphatic rings. The fraction of sp³-hybridized carbons (Fsp3) is 0.278. The minimum absolute atomic E-state index is 0.150. The minimum Gasteiger partial charge on any atom is -0.321 e. The molecule has 8 heteroatoms. The van der Waals surface area contributed by atoms with E-state index in [1.807, 2.05) is 37.7 Å². The molecule has 2 aromatic heterocycles. The molecule has 136 valence electrons. The van der Waals surface area contributed by atoms with Gasteiger partial charge in [0.25, 0.3) is 0 Å². The van der Waals surface area contributed by atoms with Gasteiger partial charge < -0.3 is 5.32 Å². The van der Waals surface area contributed by atoms with Crippen molar-refractivity contribution >= 4 is 34.8 Å². The van der Waals surface area contributed by atoms with Gasteiger partial charge >= 0.3 is 0 Å². The number of benzene rings is 1. The van der Waals surface area contributed by atoms with E-state index in [0.29, 0.717) is 22.3 Å². The van der Waals surface area contributed by atoms with Crippen LogP contribution in [0.4, 0.5) is 5.69 Å². The van der Waals surface area contributed by atoms with Crippen LogP contribution in [0, 0.1) is 20.8 Å². The number of carbonyl (C=O) groups is 1. The van der Waals surface area contributed by atoms with E-state index in [9.17, 15) is 4.79 Å². The Bertz CT molecular complexity index is 961. The van der Waals surface area contributed by atoms with Crippen molar-refractivity contribution in [3.63, 3.8) is 0 Å². The number of nitrogens with zero attached hydrogens (tertiary/aromatic N) is 4. The maximum Gasteiger partial charge on any atom is 0.246 e. The van der Waals surface area contributed by atoms with Crippen LogP contribution < -0.4 is 5.32 Å². The Morgan fingerprint density at radius 1 is 1.23 bits per heavy atom. The monoisotopic (exact) mass is 391 g/mol. The predicted octanol–water partition coefficient (Wildman–Crippen LogP) is 4.00. The largest absolute Gasteiger partial charge is 0.321 e. The zero-order valence-electron chi connectivity index (χ0n) is 14.8. The van der Waals surface area contributed by atoms with Gasteiger partial charge in [-0.3, -0.25) is 14.2 Å². The molecule has 1 amide bonds. The molecule has 1 aromatic carbocycles. The highest BCUT2D eigenvalue weighted by molar-refractivity contribution is 6.35. The Morgan fingerprint density at radius 3 is 2.65 bits per heavy atom. The number of hydrogen-bond acceptors (Lipinski definition) is 3. The fourth-order valence-electron chi connectivity index (χ4n) is 2.72. The van der Waals surface area contributed by atoms with Crippen molar-refractivity contribution in [3.8, 4) is 0 Å². The number of aryl methyl sites for hydroxylation is 2. The molecular weight excluding hydrogens is 373 g/mol. The second kappa shape index (κ2) is 7.51. The van der Waals surface area contributed by atoms with E-state index in [1.54, 1.807) is 23.0 Å². The zero-order valence-corrected chi connectivity index (χ0v) is 16.3. The van der Waals surface area contributed by atoms with Crippen LogP contribution in [0.15, 0.2) is 30.6 Å². The Kier molecular flexibility index (Phi) is 5.34. The Labute approximate surface area is 161 Å². The van der Waals surface area contributed by atoms with E-state index in [0.717, 1.165) is 22.5 Å². The van der Waals surface area contributed by atoms with Gasteiger partial charge in [0, 0.05) is 16.2 Å². The summed E-state index contributed by atoms with van der Waals surface area (Å²) < 4.78 is 3.42. The molecular formula is C18H19Cl2N5O. The Balaban J connectivity index is 1.76. The molecule has 0 fully saturated rings. The molecule has 0 bridgehead atoms. The molecule has 0 saturated heterocycles. The summed E-state index contributed by atoms with van der Waals surface area (Å²) in [6.07, 6.45) is 3.54. The molecule has 6 nitrogen and oxygen atoms in total. The van der Waals surface area contributed by atoms with Crippen molar-refractivity contribution in [2.24, 2.45) is 0 Å². The molecule has 1 N–H and O–H groups in total. The van der Waals surface area contributed by atoms with Gasteiger partial charge in [-0.25, -0.2) is 0 Å². The van der Waals surface area contributed by atoms with Crippen LogP contribution in [-0.2, 0) is 17.9 Å². The second-order valence-corrected chi connectivity index (χ2v) is 7.05. The van der Waals surface area contributed by atoms with Crippen molar-refractivity contribution in [1.82, 2.24) is 19.6 Å². The number of halogens is 2. The first-order chi connectivity index (χ1) is 12.3. The summed E-state index contributed by atoms with van der Waals surface area (Å²) in [6, 6.07) is 5.38. The lowest BCUT2D eigenvalue weighted by Crippen LogP contribution is -2.19. The normalized spacial score (nSPS) is 11.0. The van der Waals surface area contributed by atoms with E-state index < -0.39 is 0 Å². The van der Waals surface area contributed by atoms with Crippen LogP contribution in [0.2, 0.25) is 10.0 Å². The van der Waals surface area contributed by atoms with Gasteiger partial charge in [-0.2, -0.15) is 10.2 Å². The number of nitrogens with one attached hydrogen (secondary N) is 1. The molecule has 0 unspecified atom stereocenters. The molecule has 3 aromatic rings. The molecule has 0 radical (unpaired) electrons. The lowest BCUT2D eigenvalue weighted by atomic mass is 10.2. The van der Waals surface area contributed by atoms with Gasteiger partial charge in [-0.05, 0) is 44.0 Å². The standard InChI is InChI=1S/C18H19Cl2N5O/c1-11-7-21-24(8-11)10-17(26)22-18-12(2)23-25(13(18)3)9-14-4-5-15(19)6-16(14)20/h4-8H,9-10H2,1-3H3,(H,22,26). The minimum atomic E-state index is -0.150. The van der Waals surface area contributed by atoms with Crippen molar-refractivity contribution in [2.45, 2.75) is 33.9 Å². The van der Waals surface area contributed by atoms with Gasteiger partial charge in [0.2, 0.25) is 5.91 Å². The summed E-state index contributed by atoms with van der Waals surface area (Å²) in [5, 5.41) is 12.8. The molecule has 2 heterocycles. The van der Waals surface area contributed by atoms with Crippen LogP contribution in [0.3, 0.4) is 0 Å². The van der Waals surface area contributed by atoms with Crippen molar-refractivity contribution < 1.29 is 4.79 Å². The maximum atomic E-state index is 12.3. The van der Waals surface area contributed by atoms with E-state index in [4.69, 9.17) is 23.2 Å². The summed E-state index contributed by atoms with van der Waals surface area (Å²) in [6.45, 7) is 6.36. The summed E-state index contributed by atoms with van der Waals surface area (Å²) in [5.74, 6) is -0.150. The molecule has 3 rings (SSSR count). The van der Waals surface area contributed by atoms with Crippen LogP contribution in [0.1, 0.15) is 22.5 Å². The summed E-state index contributed by atoms with van der Waals surface area (Å²) in [4.78, 5) is 12.3. The van der Waals surface area contributed by atoms with E-state index in [1.165, 1.54) is 0 Å². The van der Waals surface area contributed by atoms with Gasteiger partial charge in [0.05, 0.1) is 29.8 Å². The first-order valence-electron chi connectivity index (χ1n) is 8.10. The van der Waals surface area contributed by atoms with Crippen molar-refractivity contribution in [3.05, 3.63) is 63.2 Å². The summed E-state index contributed by atoms with van der Waals surface area (Å²) in [7, 11) is 0. The molecule has 0 atom stereocenters. The third kappa shape index (κ3) is 4.08. The van der Waals surface area contributed by atoms with E-state index in [2.05, 4.69) is 15.5 Å². The van der Waals surface area contributed by atoms with Gasteiger partial charge in [-0.15, -0.1) is 0 Å². The number of aromatic nitrogens is 4. The lowest BCUT2D eigenvalue weighted by Gasteiger charge is -2.09. The Morgan fingerprint density at radius 2 is 2.00 bits per heavy atom. The third-order valence-electron chi connectivity index (χ3n) is 4.05. The topological polar surface area (TPSA) is 64.7 Å². The second-order valence-electron chi connectivity index (χ2n) is 6.20. The number of amides is 1.